The van der Waals surface area contributed by atoms with Crippen molar-refractivity contribution in [2.45, 2.75) is 18.9 Å². The van der Waals surface area contributed by atoms with E-state index in [9.17, 15) is 13.6 Å². The largest absolute Gasteiger partial charge is 0.341 e. The van der Waals surface area contributed by atoms with E-state index in [1.807, 2.05) is 24.3 Å². The number of carbonyl (C=O) groups excluding carboxylic acids is 1. The lowest BCUT2D eigenvalue weighted by molar-refractivity contribution is 0.236. The fraction of sp³-hybridized carbons (Fsp3) is 0.188. The van der Waals surface area contributed by atoms with Gasteiger partial charge in [-0.2, -0.15) is 0 Å². The van der Waals surface area contributed by atoms with Gasteiger partial charge in [0.05, 0.1) is 11.6 Å². The number of H-pyrrole nitrogens is 1. The second-order valence-electron chi connectivity index (χ2n) is 5.47. The van der Waals surface area contributed by atoms with Crippen LogP contribution in [0.25, 0.3) is 11.0 Å². The van der Waals surface area contributed by atoms with Gasteiger partial charge in [-0.15, -0.1) is 0 Å². The average Bonchev–Trinajstić information content (AvgIpc) is 2.86. The number of halogens is 2. The first-order valence-electron chi connectivity index (χ1n) is 7.07. The van der Waals surface area contributed by atoms with Crippen LogP contribution in [0, 0.1) is 11.6 Å². The van der Waals surface area contributed by atoms with E-state index in [1.54, 1.807) is 0 Å². The maximum absolute atomic E-state index is 13.5. The summed E-state index contributed by atoms with van der Waals surface area (Å²) in [6.07, 6.45) is 1.73. The van der Waals surface area contributed by atoms with Crippen LogP contribution in [-0.4, -0.2) is 15.8 Å². The van der Waals surface area contributed by atoms with E-state index < -0.39 is 17.7 Å². The third-order valence-corrected chi connectivity index (χ3v) is 4.13. The van der Waals surface area contributed by atoms with Crippen molar-refractivity contribution in [1.82, 2.24) is 15.1 Å². The summed E-state index contributed by atoms with van der Waals surface area (Å²) >= 11 is 0. The van der Waals surface area contributed by atoms with E-state index in [4.69, 9.17) is 0 Å². The molecular weight excluding hydrogens is 288 g/mol. The van der Waals surface area contributed by atoms with Crippen molar-refractivity contribution in [3.05, 3.63) is 59.2 Å². The molecule has 1 heterocycles. The summed E-state index contributed by atoms with van der Waals surface area (Å²) in [5.41, 5.74) is 2.67. The Morgan fingerprint density at radius 3 is 2.95 bits per heavy atom. The molecule has 1 aliphatic carbocycles. The van der Waals surface area contributed by atoms with E-state index in [1.165, 1.54) is 5.56 Å². The van der Waals surface area contributed by atoms with Crippen molar-refractivity contribution in [3.8, 4) is 0 Å². The molecule has 22 heavy (non-hydrogen) atoms. The lowest BCUT2D eigenvalue weighted by atomic mass is 10.1. The first-order valence-corrected chi connectivity index (χ1v) is 7.07. The number of fused-ring (bicyclic) bond motifs is 2. The summed E-state index contributed by atoms with van der Waals surface area (Å²) in [4.78, 5) is 12.3. The Kier molecular flexibility index (Phi) is 2.79. The lowest BCUT2D eigenvalue weighted by Crippen LogP contribution is -2.34. The molecule has 3 aromatic rings. The molecule has 0 unspecified atom stereocenters. The van der Waals surface area contributed by atoms with Crippen LogP contribution in [0.2, 0.25) is 0 Å². The number of hydrogen-bond donors (Lipinski definition) is 2. The number of rotatable bonds is 1. The predicted molar refractivity (Wildman–Crippen MR) is 77.6 cm³/mol. The van der Waals surface area contributed by atoms with Crippen molar-refractivity contribution in [3.63, 3.8) is 0 Å². The first kappa shape index (κ1) is 13.1. The minimum atomic E-state index is -0.707. The van der Waals surface area contributed by atoms with Gasteiger partial charge in [0.2, 0.25) is 0 Å². The highest BCUT2D eigenvalue weighted by atomic mass is 19.1. The molecule has 0 fully saturated rings. The van der Waals surface area contributed by atoms with Crippen molar-refractivity contribution >= 4 is 17.1 Å². The molecule has 1 aliphatic rings. The minimum absolute atomic E-state index is 0.0760. The second kappa shape index (κ2) is 4.69. The van der Waals surface area contributed by atoms with Gasteiger partial charge in [-0.3, -0.25) is 5.10 Å². The Hall–Kier alpha value is -2.63. The molecule has 2 aromatic carbocycles. The van der Waals surface area contributed by atoms with Crippen LogP contribution < -0.4 is 5.32 Å². The summed E-state index contributed by atoms with van der Waals surface area (Å²) in [5.74, 6) is -1.41. The van der Waals surface area contributed by atoms with Crippen LogP contribution >= 0.6 is 0 Å². The Labute approximate surface area is 124 Å². The SMILES string of the molecule is O=C(N[C@@H]1CCc2ccccc21)n1[nH]c2c(F)cc(F)cc21. The molecule has 0 saturated carbocycles. The van der Waals surface area contributed by atoms with Gasteiger partial charge in [0, 0.05) is 12.1 Å². The van der Waals surface area contributed by atoms with Crippen molar-refractivity contribution in [1.29, 1.82) is 0 Å². The van der Waals surface area contributed by atoms with Crippen molar-refractivity contribution in [2.24, 2.45) is 0 Å². The van der Waals surface area contributed by atoms with E-state index in [0.29, 0.717) is 0 Å². The number of aryl methyl sites for hydroxylation is 1. The molecule has 6 heteroatoms. The molecule has 0 saturated heterocycles. The topological polar surface area (TPSA) is 49.8 Å². The smallest absolute Gasteiger partial charge is 0.329 e. The maximum atomic E-state index is 13.5. The van der Waals surface area contributed by atoms with Crippen LogP contribution in [0.4, 0.5) is 13.6 Å². The van der Waals surface area contributed by atoms with Crippen LogP contribution in [0.5, 0.6) is 0 Å². The number of aromatic amines is 1. The Balaban J connectivity index is 1.60. The number of nitrogens with one attached hydrogen (secondary N) is 2. The van der Waals surface area contributed by atoms with Crippen LogP contribution in [-0.2, 0) is 6.42 Å². The second-order valence-corrected chi connectivity index (χ2v) is 5.47. The zero-order valence-electron chi connectivity index (χ0n) is 11.6. The number of hydrogen-bond acceptors (Lipinski definition) is 1. The molecule has 1 atom stereocenters. The fourth-order valence-electron chi connectivity index (χ4n) is 3.05. The summed E-state index contributed by atoms with van der Waals surface area (Å²) in [6, 6.07) is 9.37. The van der Waals surface area contributed by atoms with Gasteiger partial charge in [-0.1, -0.05) is 24.3 Å². The highest BCUT2D eigenvalue weighted by Crippen LogP contribution is 2.31. The quantitative estimate of drug-likeness (QED) is 0.710. The molecule has 1 amide bonds. The maximum Gasteiger partial charge on any atom is 0.341 e. The zero-order valence-corrected chi connectivity index (χ0v) is 11.6. The van der Waals surface area contributed by atoms with Crippen LogP contribution in [0.15, 0.2) is 36.4 Å². The average molecular weight is 301 g/mol. The number of aromatic nitrogens is 2. The highest BCUT2D eigenvalue weighted by molar-refractivity contribution is 5.91. The minimum Gasteiger partial charge on any atom is -0.329 e. The van der Waals surface area contributed by atoms with E-state index in [2.05, 4.69) is 10.4 Å². The third-order valence-electron chi connectivity index (χ3n) is 4.13. The Morgan fingerprint density at radius 2 is 2.09 bits per heavy atom. The molecule has 2 N–H and O–H groups in total. The standard InChI is InChI=1S/C16H13F2N3O/c17-10-7-12(18)15-14(8-10)21(20-15)16(22)19-13-6-5-9-3-1-2-4-11(9)13/h1-4,7-8,13,20H,5-6H2,(H,19,22)/t13-/m1/s1. The third kappa shape index (κ3) is 1.91. The molecular formula is C16H13F2N3O. The molecule has 112 valence electrons. The van der Waals surface area contributed by atoms with Crippen molar-refractivity contribution in [2.75, 3.05) is 0 Å². The van der Waals surface area contributed by atoms with Gasteiger partial charge >= 0.3 is 6.03 Å². The van der Waals surface area contributed by atoms with Crippen LogP contribution in [0.1, 0.15) is 23.6 Å². The Morgan fingerprint density at radius 1 is 1.27 bits per heavy atom. The number of carbonyl (C=O) groups is 1. The molecule has 0 aliphatic heterocycles. The number of benzene rings is 2. The Bertz CT molecular complexity index is 881. The summed E-state index contributed by atoms with van der Waals surface area (Å²) in [6.45, 7) is 0. The highest BCUT2D eigenvalue weighted by Gasteiger charge is 2.25. The summed E-state index contributed by atoms with van der Waals surface area (Å²) in [5, 5.41) is 5.49. The van der Waals surface area contributed by atoms with E-state index in [0.717, 1.165) is 35.2 Å². The van der Waals surface area contributed by atoms with Gasteiger partial charge in [0.1, 0.15) is 11.3 Å². The monoisotopic (exact) mass is 301 g/mol. The predicted octanol–water partition coefficient (Wildman–Crippen LogP) is 3.49. The van der Waals surface area contributed by atoms with Gasteiger partial charge in [0.25, 0.3) is 0 Å². The van der Waals surface area contributed by atoms with Crippen LogP contribution in [0.3, 0.4) is 0 Å². The van der Waals surface area contributed by atoms with Gasteiger partial charge < -0.3 is 5.32 Å². The number of amides is 1. The van der Waals surface area contributed by atoms with Crippen molar-refractivity contribution < 1.29 is 13.6 Å². The number of nitrogens with zero attached hydrogens (tertiary/aromatic N) is 1. The lowest BCUT2D eigenvalue weighted by Gasteiger charge is -2.19. The molecule has 1 aromatic heterocycles. The summed E-state index contributed by atoms with van der Waals surface area (Å²) < 4.78 is 27.9. The molecule has 0 bridgehead atoms. The normalized spacial score (nSPS) is 16.9. The van der Waals surface area contributed by atoms with Gasteiger partial charge in [0.15, 0.2) is 5.82 Å². The molecule has 4 rings (SSSR count). The van der Waals surface area contributed by atoms with E-state index >= 15 is 0 Å². The first-order chi connectivity index (χ1) is 10.6. The molecule has 4 nitrogen and oxygen atoms in total. The van der Waals surface area contributed by atoms with E-state index in [-0.39, 0.29) is 17.1 Å². The fourth-order valence-corrected chi connectivity index (χ4v) is 3.05. The summed E-state index contributed by atoms with van der Waals surface area (Å²) in [7, 11) is 0. The zero-order chi connectivity index (χ0) is 15.3. The molecule has 0 radical (unpaired) electrons. The van der Waals surface area contributed by atoms with Gasteiger partial charge in [-0.25, -0.2) is 18.3 Å². The van der Waals surface area contributed by atoms with Gasteiger partial charge in [-0.05, 0) is 24.0 Å². The molecule has 0 spiro atoms.